The Morgan fingerprint density at radius 1 is 1.05 bits per heavy atom. The number of benzene rings is 2. The summed E-state index contributed by atoms with van der Waals surface area (Å²) in [5.41, 5.74) is 0.496. The Kier molecular flexibility index (Phi) is 9.82. The van der Waals surface area contributed by atoms with E-state index in [0.29, 0.717) is 32.9 Å². The molecule has 0 aliphatic carbocycles. The summed E-state index contributed by atoms with van der Waals surface area (Å²) in [7, 11) is -3.98. The lowest BCUT2D eigenvalue weighted by molar-refractivity contribution is -0.117. The van der Waals surface area contributed by atoms with Crippen LogP contribution in [0.15, 0.2) is 69.5 Å². The van der Waals surface area contributed by atoms with Crippen molar-refractivity contribution in [3.63, 3.8) is 0 Å². The molecule has 0 unspecified atom stereocenters. The first-order valence-electron chi connectivity index (χ1n) is 11.2. The minimum absolute atomic E-state index is 0.0191. The average molecular weight is 581 g/mol. The molecule has 2 aromatic carbocycles. The van der Waals surface area contributed by atoms with Gasteiger partial charge in [0.2, 0.25) is 10.0 Å². The number of rotatable bonds is 10. The maximum Gasteiger partial charge on any atom is 0.262 e. The zero-order chi connectivity index (χ0) is 27.2. The molecule has 0 saturated heterocycles. The predicted octanol–water partition coefficient (Wildman–Crippen LogP) is 6.31. The van der Waals surface area contributed by atoms with Crippen LogP contribution in [0.25, 0.3) is 6.08 Å². The second-order valence-electron chi connectivity index (χ2n) is 8.55. The van der Waals surface area contributed by atoms with Crippen molar-refractivity contribution in [3.05, 3.63) is 92.3 Å². The molecule has 0 aliphatic heterocycles. The van der Waals surface area contributed by atoms with Gasteiger partial charge in [-0.3, -0.25) is 4.79 Å². The number of nitrogens with zero attached hydrogens (tertiary/aromatic N) is 2. The summed E-state index contributed by atoms with van der Waals surface area (Å²) in [6, 6.07) is 15.7. The summed E-state index contributed by atoms with van der Waals surface area (Å²) >= 11 is 18.1. The molecule has 194 valence electrons. The van der Waals surface area contributed by atoms with E-state index in [0.717, 1.165) is 0 Å². The van der Waals surface area contributed by atoms with Crippen LogP contribution in [-0.4, -0.2) is 25.2 Å². The molecule has 0 fully saturated rings. The van der Waals surface area contributed by atoms with Crippen LogP contribution < -0.4 is 5.32 Å². The first-order chi connectivity index (χ1) is 17.5. The fourth-order valence-corrected chi connectivity index (χ4v) is 5.08. The molecule has 0 bridgehead atoms. The fourth-order valence-electron chi connectivity index (χ4n) is 3.24. The van der Waals surface area contributed by atoms with Gasteiger partial charge in [-0.05, 0) is 60.0 Å². The van der Waals surface area contributed by atoms with Crippen LogP contribution in [0, 0.1) is 17.2 Å². The number of carbonyl (C=O) groups is 1. The van der Waals surface area contributed by atoms with Crippen LogP contribution in [0.3, 0.4) is 0 Å². The Morgan fingerprint density at radius 3 is 2.38 bits per heavy atom. The molecule has 3 aromatic rings. The zero-order valence-electron chi connectivity index (χ0n) is 20.0. The van der Waals surface area contributed by atoms with E-state index in [2.05, 4.69) is 5.32 Å². The van der Waals surface area contributed by atoms with E-state index in [9.17, 15) is 18.5 Å². The Balaban J connectivity index is 1.90. The van der Waals surface area contributed by atoms with E-state index in [1.807, 2.05) is 19.9 Å². The highest BCUT2D eigenvalue weighted by Crippen LogP contribution is 2.27. The molecule has 0 aliphatic rings. The Labute approximate surface area is 231 Å². The molecule has 0 spiro atoms. The van der Waals surface area contributed by atoms with Crippen molar-refractivity contribution in [2.75, 3.05) is 6.54 Å². The van der Waals surface area contributed by atoms with Crippen molar-refractivity contribution in [2.24, 2.45) is 5.92 Å². The van der Waals surface area contributed by atoms with Gasteiger partial charge in [-0.1, -0.05) is 54.7 Å². The highest BCUT2D eigenvalue weighted by atomic mass is 35.5. The molecular formula is C26H24Cl3N3O4S. The summed E-state index contributed by atoms with van der Waals surface area (Å²) in [5, 5.41) is 13.1. The molecule has 1 heterocycles. The Morgan fingerprint density at radius 2 is 1.76 bits per heavy atom. The van der Waals surface area contributed by atoms with E-state index in [1.54, 1.807) is 30.3 Å². The topological polar surface area (TPSA) is 103 Å². The number of halogens is 3. The number of carbonyl (C=O) groups excluding carboxylic acids is 1. The van der Waals surface area contributed by atoms with Crippen LogP contribution in [0.1, 0.15) is 30.9 Å². The third-order valence-corrected chi connectivity index (χ3v) is 7.93. The molecule has 3 rings (SSSR count). The minimum atomic E-state index is -3.98. The molecular weight excluding hydrogens is 557 g/mol. The largest absolute Gasteiger partial charge is 0.460 e. The molecule has 1 amide bonds. The van der Waals surface area contributed by atoms with E-state index in [-0.39, 0.29) is 35.2 Å². The standard InChI is InChI=1S/C26H24Cl3N3O4S/c1-17(2)14-31-26(33)19(13-30)12-21-6-7-22(36-21)16-32(15-18-3-10-24(28)25(29)11-18)37(34,35)23-8-4-20(27)5-9-23/h3-12,17H,14-16H2,1-2H3,(H,31,33)/b19-12-. The van der Waals surface area contributed by atoms with Gasteiger partial charge in [0.05, 0.1) is 21.5 Å². The van der Waals surface area contributed by atoms with Crippen molar-refractivity contribution in [2.45, 2.75) is 31.8 Å². The highest BCUT2D eigenvalue weighted by Gasteiger charge is 2.26. The second kappa shape index (κ2) is 12.6. The van der Waals surface area contributed by atoms with Gasteiger partial charge in [0.15, 0.2) is 0 Å². The maximum absolute atomic E-state index is 13.5. The number of nitriles is 1. The van der Waals surface area contributed by atoms with Gasteiger partial charge >= 0.3 is 0 Å². The quantitative estimate of drug-likeness (QED) is 0.224. The lowest BCUT2D eigenvalue weighted by Crippen LogP contribution is -2.30. The summed E-state index contributed by atoms with van der Waals surface area (Å²) < 4.78 is 34.0. The van der Waals surface area contributed by atoms with Crippen LogP contribution in [0.5, 0.6) is 0 Å². The fraction of sp³-hybridized carbons (Fsp3) is 0.231. The van der Waals surface area contributed by atoms with Crippen LogP contribution in [0.4, 0.5) is 0 Å². The van der Waals surface area contributed by atoms with Gasteiger partial charge in [-0.25, -0.2) is 8.42 Å². The second-order valence-corrected chi connectivity index (χ2v) is 11.7. The van der Waals surface area contributed by atoms with Crippen LogP contribution in [0.2, 0.25) is 15.1 Å². The maximum atomic E-state index is 13.5. The first-order valence-corrected chi connectivity index (χ1v) is 13.8. The summed E-state index contributed by atoms with van der Waals surface area (Å²) in [6.07, 6.45) is 1.32. The van der Waals surface area contributed by atoms with Gasteiger partial charge in [0.25, 0.3) is 5.91 Å². The van der Waals surface area contributed by atoms with Crippen molar-refractivity contribution in [1.29, 1.82) is 5.26 Å². The molecule has 7 nitrogen and oxygen atoms in total. The third kappa shape index (κ3) is 7.84. The van der Waals surface area contributed by atoms with Gasteiger partial charge in [-0.15, -0.1) is 0 Å². The van der Waals surface area contributed by atoms with E-state index in [4.69, 9.17) is 39.2 Å². The first kappa shape index (κ1) is 28.8. The molecule has 1 N–H and O–H groups in total. The molecule has 0 saturated carbocycles. The summed E-state index contributed by atoms with van der Waals surface area (Å²) in [4.78, 5) is 12.3. The predicted molar refractivity (Wildman–Crippen MR) is 144 cm³/mol. The van der Waals surface area contributed by atoms with Gasteiger partial charge in [0.1, 0.15) is 23.2 Å². The van der Waals surface area contributed by atoms with E-state index < -0.39 is 15.9 Å². The van der Waals surface area contributed by atoms with E-state index in [1.165, 1.54) is 34.6 Å². The third-order valence-electron chi connectivity index (χ3n) is 5.13. The Hall–Kier alpha value is -2.80. The molecule has 0 atom stereocenters. The van der Waals surface area contributed by atoms with Gasteiger partial charge < -0.3 is 9.73 Å². The SMILES string of the molecule is CC(C)CNC(=O)/C(C#N)=C\c1ccc(CN(Cc2ccc(Cl)c(Cl)c2)S(=O)(=O)c2ccc(Cl)cc2)o1. The van der Waals surface area contributed by atoms with Crippen molar-refractivity contribution in [3.8, 4) is 6.07 Å². The lowest BCUT2D eigenvalue weighted by Gasteiger charge is -2.22. The monoisotopic (exact) mass is 579 g/mol. The van der Waals surface area contributed by atoms with Gasteiger partial charge in [-0.2, -0.15) is 9.57 Å². The number of sulfonamides is 1. The normalized spacial score (nSPS) is 12.1. The number of amides is 1. The number of hydrogen-bond donors (Lipinski definition) is 1. The molecule has 1 aromatic heterocycles. The van der Waals surface area contributed by atoms with Crippen molar-refractivity contribution in [1.82, 2.24) is 9.62 Å². The number of nitrogens with one attached hydrogen (secondary N) is 1. The van der Waals surface area contributed by atoms with Crippen molar-refractivity contribution >= 4 is 56.8 Å². The molecule has 11 heteroatoms. The average Bonchev–Trinajstić information content (AvgIpc) is 3.30. The molecule has 37 heavy (non-hydrogen) atoms. The lowest BCUT2D eigenvalue weighted by atomic mass is 10.2. The Bertz CT molecular complexity index is 1440. The number of furan rings is 1. The highest BCUT2D eigenvalue weighted by molar-refractivity contribution is 7.89. The van der Waals surface area contributed by atoms with Crippen LogP contribution in [-0.2, 0) is 27.9 Å². The molecule has 0 radical (unpaired) electrons. The van der Waals surface area contributed by atoms with E-state index >= 15 is 0 Å². The van der Waals surface area contributed by atoms with Crippen LogP contribution >= 0.6 is 34.8 Å². The minimum Gasteiger partial charge on any atom is -0.460 e. The summed E-state index contributed by atoms with van der Waals surface area (Å²) in [6.45, 7) is 4.16. The zero-order valence-corrected chi connectivity index (χ0v) is 23.1. The van der Waals surface area contributed by atoms with Gasteiger partial charge in [0, 0.05) is 24.2 Å². The number of hydrogen-bond acceptors (Lipinski definition) is 5. The summed E-state index contributed by atoms with van der Waals surface area (Å²) in [5.74, 6) is 0.261. The van der Waals surface area contributed by atoms with Crippen molar-refractivity contribution < 1.29 is 17.6 Å². The smallest absolute Gasteiger partial charge is 0.262 e.